The van der Waals surface area contributed by atoms with Gasteiger partial charge in [-0.15, -0.1) is 0 Å². The molecular weight excluding hydrogens is 204 g/mol. The van der Waals surface area contributed by atoms with Crippen LogP contribution in [0.5, 0.6) is 5.75 Å². The molecule has 1 unspecified atom stereocenters. The number of carboxylic acid groups (broad SMARTS) is 1. The number of benzene rings is 1. The number of carbonyl (C=O) groups is 1. The van der Waals surface area contributed by atoms with Gasteiger partial charge in [0.15, 0.2) is 6.10 Å². The highest BCUT2D eigenvalue weighted by atomic mass is 35.5. The summed E-state index contributed by atoms with van der Waals surface area (Å²) in [6.07, 6.45) is -0.895. The molecule has 0 saturated heterocycles. The van der Waals surface area contributed by atoms with Gasteiger partial charge in [-0.05, 0) is 25.5 Å². The van der Waals surface area contributed by atoms with Gasteiger partial charge >= 0.3 is 5.97 Å². The molecule has 0 saturated carbocycles. The monoisotopic (exact) mass is 214 g/mol. The number of rotatable bonds is 3. The average molecular weight is 215 g/mol. The molecule has 1 aromatic rings. The third-order valence-corrected chi connectivity index (χ3v) is 2.10. The summed E-state index contributed by atoms with van der Waals surface area (Å²) in [5.41, 5.74) is 0.825. The number of aryl methyl sites for hydroxylation is 1. The summed E-state index contributed by atoms with van der Waals surface area (Å²) in [7, 11) is 0. The van der Waals surface area contributed by atoms with Crippen LogP contribution in [-0.2, 0) is 4.79 Å². The Morgan fingerprint density at radius 2 is 2.21 bits per heavy atom. The number of halogens is 1. The predicted molar refractivity (Wildman–Crippen MR) is 53.9 cm³/mol. The van der Waals surface area contributed by atoms with Gasteiger partial charge in [0.05, 0.1) is 5.02 Å². The zero-order chi connectivity index (χ0) is 10.7. The number of hydrogen-bond acceptors (Lipinski definition) is 2. The minimum atomic E-state index is -1.01. The highest BCUT2D eigenvalue weighted by Crippen LogP contribution is 2.28. The van der Waals surface area contributed by atoms with Crippen molar-refractivity contribution in [3.05, 3.63) is 28.8 Å². The van der Waals surface area contributed by atoms with Crippen molar-refractivity contribution < 1.29 is 14.6 Å². The second-order valence-electron chi connectivity index (χ2n) is 2.98. The molecule has 0 amide bonds. The van der Waals surface area contributed by atoms with Gasteiger partial charge < -0.3 is 9.84 Å². The first-order valence-corrected chi connectivity index (χ1v) is 4.54. The van der Waals surface area contributed by atoms with Crippen LogP contribution in [0.4, 0.5) is 0 Å². The first-order chi connectivity index (χ1) is 6.52. The number of ether oxygens (including phenoxy) is 1. The Kier molecular flexibility index (Phi) is 3.36. The van der Waals surface area contributed by atoms with Gasteiger partial charge in [-0.1, -0.05) is 23.7 Å². The van der Waals surface area contributed by atoms with Crippen molar-refractivity contribution >= 4 is 17.6 Å². The molecular formula is C10H11ClO3. The van der Waals surface area contributed by atoms with E-state index in [-0.39, 0.29) is 0 Å². The van der Waals surface area contributed by atoms with Crippen LogP contribution in [0.3, 0.4) is 0 Å². The Balaban J connectivity index is 2.91. The van der Waals surface area contributed by atoms with Gasteiger partial charge in [0.1, 0.15) is 5.75 Å². The molecule has 0 aliphatic carbocycles. The molecule has 1 aromatic carbocycles. The Hall–Kier alpha value is -1.22. The second kappa shape index (κ2) is 4.33. The lowest BCUT2D eigenvalue weighted by Gasteiger charge is -2.13. The normalized spacial score (nSPS) is 12.2. The topological polar surface area (TPSA) is 46.5 Å². The molecule has 0 fully saturated rings. The Morgan fingerprint density at radius 3 is 2.71 bits per heavy atom. The number of para-hydroxylation sites is 1. The standard InChI is InChI=1S/C10H11ClO3/c1-6-4-3-5-8(11)9(6)14-7(2)10(12)13/h3-5,7H,1-2H3,(H,12,13). The smallest absolute Gasteiger partial charge is 0.344 e. The van der Waals surface area contributed by atoms with Crippen LogP contribution in [0.15, 0.2) is 18.2 Å². The Morgan fingerprint density at radius 1 is 1.57 bits per heavy atom. The van der Waals surface area contributed by atoms with E-state index in [1.54, 1.807) is 12.1 Å². The fourth-order valence-corrected chi connectivity index (χ4v) is 1.26. The van der Waals surface area contributed by atoms with Gasteiger partial charge in [0, 0.05) is 0 Å². The minimum absolute atomic E-state index is 0.429. The van der Waals surface area contributed by atoms with Gasteiger partial charge in [0.2, 0.25) is 0 Å². The van der Waals surface area contributed by atoms with E-state index < -0.39 is 12.1 Å². The van der Waals surface area contributed by atoms with E-state index in [9.17, 15) is 4.79 Å². The molecule has 0 aliphatic rings. The maximum absolute atomic E-state index is 10.6. The molecule has 1 N–H and O–H groups in total. The largest absolute Gasteiger partial charge is 0.479 e. The van der Waals surface area contributed by atoms with Gasteiger partial charge in [-0.2, -0.15) is 0 Å². The van der Waals surface area contributed by atoms with E-state index >= 15 is 0 Å². The van der Waals surface area contributed by atoms with Crippen molar-refractivity contribution in [1.82, 2.24) is 0 Å². The lowest BCUT2D eigenvalue weighted by Crippen LogP contribution is -2.23. The van der Waals surface area contributed by atoms with Crippen LogP contribution >= 0.6 is 11.6 Å². The zero-order valence-corrected chi connectivity index (χ0v) is 8.71. The molecule has 3 nitrogen and oxygen atoms in total. The maximum Gasteiger partial charge on any atom is 0.344 e. The molecule has 1 atom stereocenters. The summed E-state index contributed by atoms with van der Waals surface area (Å²) in [5, 5.41) is 9.09. The lowest BCUT2D eigenvalue weighted by atomic mass is 10.2. The molecule has 0 radical (unpaired) electrons. The van der Waals surface area contributed by atoms with Gasteiger partial charge in [-0.3, -0.25) is 0 Å². The van der Waals surface area contributed by atoms with Crippen LogP contribution < -0.4 is 4.74 Å². The van der Waals surface area contributed by atoms with Gasteiger partial charge in [0.25, 0.3) is 0 Å². The SMILES string of the molecule is Cc1cccc(Cl)c1OC(C)C(=O)O. The molecule has 0 spiro atoms. The minimum Gasteiger partial charge on any atom is -0.479 e. The first-order valence-electron chi connectivity index (χ1n) is 4.17. The van der Waals surface area contributed by atoms with Gasteiger partial charge in [-0.25, -0.2) is 4.79 Å². The third kappa shape index (κ3) is 2.39. The summed E-state index contributed by atoms with van der Waals surface area (Å²) in [6.45, 7) is 3.28. The fraction of sp³-hybridized carbons (Fsp3) is 0.300. The molecule has 14 heavy (non-hydrogen) atoms. The Bertz CT molecular complexity index is 329. The van der Waals surface area contributed by atoms with Crippen molar-refractivity contribution in [3.8, 4) is 5.75 Å². The predicted octanol–water partition coefficient (Wildman–Crippen LogP) is 2.50. The van der Waals surface area contributed by atoms with E-state index in [1.807, 2.05) is 13.0 Å². The molecule has 0 bridgehead atoms. The van der Waals surface area contributed by atoms with Crippen LogP contribution in [0.1, 0.15) is 12.5 Å². The maximum atomic E-state index is 10.6. The molecule has 0 aromatic heterocycles. The molecule has 1 rings (SSSR count). The average Bonchev–Trinajstić information content (AvgIpc) is 2.11. The van der Waals surface area contributed by atoms with Crippen LogP contribution in [0.2, 0.25) is 5.02 Å². The van der Waals surface area contributed by atoms with Crippen molar-refractivity contribution in [2.75, 3.05) is 0 Å². The molecule has 76 valence electrons. The van der Waals surface area contributed by atoms with Crippen molar-refractivity contribution in [3.63, 3.8) is 0 Å². The van der Waals surface area contributed by atoms with Crippen LogP contribution in [0.25, 0.3) is 0 Å². The first kappa shape index (κ1) is 10.9. The van der Waals surface area contributed by atoms with Crippen LogP contribution in [0, 0.1) is 6.92 Å². The second-order valence-corrected chi connectivity index (χ2v) is 3.39. The number of hydrogen-bond donors (Lipinski definition) is 1. The molecule has 0 aliphatic heterocycles. The molecule has 0 heterocycles. The number of carboxylic acids is 1. The van der Waals surface area contributed by atoms with E-state index in [2.05, 4.69) is 0 Å². The summed E-state index contributed by atoms with van der Waals surface area (Å²) < 4.78 is 5.21. The summed E-state index contributed by atoms with van der Waals surface area (Å²) in [5.74, 6) is -0.576. The quantitative estimate of drug-likeness (QED) is 0.841. The van der Waals surface area contributed by atoms with Crippen molar-refractivity contribution in [2.45, 2.75) is 20.0 Å². The van der Waals surface area contributed by atoms with E-state index in [0.29, 0.717) is 10.8 Å². The van der Waals surface area contributed by atoms with Crippen molar-refractivity contribution in [1.29, 1.82) is 0 Å². The zero-order valence-electron chi connectivity index (χ0n) is 7.95. The fourth-order valence-electron chi connectivity index (χ4n) is 0.993. The summed E-state index contributed by atoms with van der Waals surface area (Å²) in [4.78, 5) is 10.6. The van der Waals surface area contributed by atoms with E-state index in [0.717, 1.165) is 5.56 Å². The highest BCUT2D eigenvalue weighted by molar-refractivity contribution is 6.32. The van der Waals surface area contributed by atoms with E-state index in [4.69, 9.17) is 21.4 Å². The lowest BCUT2D eigenvalue weighted by molar-refractivity contribution is -0.144. The van der Waals surface area contributed by atoms with Crippen molar-refractivity contribution in [2.24, 2.45) is 0 Å². The highest BCUT2D eigenvalue weighted by Gasteiger charge is 2.15. The van der Waals surface area contributed by atoms with Crippen LogP contribution in [-0.4, -0.2) is 17.2 Å². The number of aliphatic carboxylic acids is 1. The summed E-state index contributed by atoms with van der Waals surface area (Å²) >= 11 is 5.86. The van der Waals surface area contributed by atoms with E-state index in [1.165, 1.54) is 6.92 Å². The Labute approximate surface area is 87.3 Å². The summed E-state index contributed by atoms with van der Waals surface area (Å²) in [6, 6.07) is 5.27. The third-order valence-electron chi connectivity index (χ3n) is 1.81. The molecule has 4 heteroatoms.